The predicted octanol–water partition coefficient (Wildman–Crippen LogP) is 4.46. The molecule has 0 bridgehead atoms. The Kier molecular flexibility index (Phi) is 5.81. The number of hydrogen-bond acceptors (Lipinski definition) is 5. The van der Waals surface area contributed by atoms with E-state index in [0.717, 1.165) is 11.3 Å². The summed E-state index contributed by atoms with van der Waals surface area (Å²) >= 11 is 0. The van der Waals surface area contributed by atoms with Crippen LogP contribution in [-0.2, 0) is 11.2 Å². The zero-order valence-electron chi connectivity index (χ0n) is 17.9. The summed E-state index contributed by atoms with van der Waals surface area (Å²) in [5, 5.41) is 10.4. The number of rotatable bonds is 8. The molecule has 4 rings (SSSR count). The third-order valence-electron chi connectivity index (χ3n) is 5.24. The number of carboxylic acid groups (broad SMARTS) is 1. The van der Waals surface area contributed by atoms with Gasteiger partial charge in [0.1, 0.15) is 11.5 Å². The van der Waals surface area contributed by atoms with Crippen molar-refractivity contribution >= 4 is 34.2 Å². The van der Waals surface area contributed by atoms with Crippen LogP contribution < -0.4 is 14.4 Å². The second-order valence-corrected chi connectivity index (χ2v) is 7.42. The standard InChI is InChI=1S/C25H23NO6/c1-3-13-32-23-18-8-6-5-7-17(18)22(31-4-2)20-21(23)25(30)26(24(20)29)16-11-9-15(10-12-16)14-19(27)28/h5-12H,3-4,13-14H2,1-2H3,(H,27,28). The summed E-state index contributed by atoms with van der Waals surface area (Å²) in [6.07, 6.45) is 0.602. The highest BCUT2D eigenvalue weighted by atomic mass is 16.5. The third-order valence-corrected chi connectivity index (χ3v) is 5.24. The van der Waals surface area contributed by atoms with Crippen molar-refractivity contribution in [1.82, 2.24) is 0 Å². The minimum absolute atomic E-state index is 0.142. The van der Waals surface area contributed by atoms with Crippen LogP contribution in [0.1, 0.15) is 46.5 Å². The van der Waals surface area contributed by atoms with Crippen LogP contribution in [-0.4, -0.2) is 36.1 Å². The molecule has 0 unspecified atom stereocenters. The summed E-state index contributed by atoms with van der Waals surface area (Å²) in [6, 6.07) is 13.7. The van der Waals surface area contributed by atoms with Gasteiger partial charge in [0.25, 0.3) is 11.8 Å². The fourth-order valence-electron chi connectivity index (χ4n) is 3.92. The van der Waals surface area contributed by atoms with Gasteiger partial charge >= 0.3 is 5.97 Å². The molecular weight excluding hydrogens is 410 g/mol. The molecule has 3 aromatic rings. The molecule has 1 aliphatic heterocycles. The molecule has 32 heavy (non-hydrogen) atoms. The van der Waals surface area contributed by atoms with Crippen molar-refractivity contribution in [2.45, 2.75) is 26.7 Å². The summed E-state index contributed by atoms with van der Waals surface area (Å²) in [6.45, 7) is 4.52. The molecule has 1 heterocycles. The Labute approximate surface area is 185 Å². The summed E-state index contributed by atoms with van der Waals surface area (Å²) in [5.74, 6) is -1.20. The lowest BCUT2D eigenvalue weighted by Crippen LogP contribution is -2.29. The van der Waals surface area contributed by atoms with Crippen molar-refractivity contribution in [2.24, 2.45) is 0 Å². The van der Waals surface area contributed by atoms with Gasteiger partial charge in [0.15, 0.2) is 0 Å². The van der Waals surface area contributed by atoms with Crippen molar-refractivity contribution < 1.29 is 29.0 Å². The minimum Gasteiger partial charge on any atom is -0.492 e. The summed E-state index contributed by atoms with van der Waals surface area (Å²) in [5.41, 5.74) is 1.32. The normalized spacial score (nSPS) is 12.9. The Hall–Kier alpha value is -3.87. The van der Waals surface area contributed by atoms with Crippen LogP contribution in [0, 0.1) is 0 Å². The molecule has 1 aliphatic rings. The second kappa shape index (κ2) is 8.70. The molecule has 1 N–H and O–H groups in total. The summed E-state index contributed by atoms with van der Waals surface area (Å²) in [7, 11) is 0. The van der Waals surface area contributed by atoms with Gasteiger partial charge in [-0.05, 0) is 31.0 Å². The average Bonchev–Trinajstić information content (AvgIpc) is 3.04. The van der Waals surface area contributed by atoms with E-state index in [1.165, 1.54) is 0 Å². The zero-order valence-corrected chi connectivity index (χ0v) is 17.9. The fourth-order valence-corrected chi connectivity index (χ4v) is 3.92. The minimum atomic E-state index is -0.954. The lowest BCUT2D eigenvalue weighted by Gasteiger charge is -2.16. The monoisotopic (exact) mass is 433 g/mol. The van der Waals surface area contributed by atoms with Gasteiger partial charge in [0.2, 0.25) is 0 Å². The van der Waals surface area contributed by atoms with E-state index in [0.29, 0.717) is 46.7 Å². The number of carbonyl (C=O) groups is 3. The number of ether oxygens (including phenoxy) is 2. The molecular formula is C25H23NO6. The molecule has 0 aromatic heterocycles. The Balaban J connectivity index is 1.89. The van der Waals surface area contributed by atoms with Crippen LogP contribution >= 0.6 is 0 Å². The number of anilines is 1. The number of hydrogen-bond donors (Lipinski definition) is 1. The fraction of sp³-hybridized carbons (Fsp3) is 0.240. The second-order valence-electron chi connectivity index (χ2n) is 7.42. The molecule has 7 heteroatoms. The van der Waals surface area contributed by atoms with Crippen molar-refractivity contribution in [1.29, 1.82) is 0 Å². The van der Waals surface area contributed by atoms with E-state index in [1.54, 1.807) is 24.3 Å². The lowest BCUT2D eigenvalue weighted by atomic mass is 9.99. The molecule has 7 nitrogen and oxygen atoms in total. The Morgan fingerprint density at radius 3 is 1.94 bits per heavy atom. The molecule has 3 aromatic carbocycles. The van der Waals surface area contributed by atoms with Gasteiger partial charge in [-0.2, -0.15) is 0 Å². The Morgan fingerprint density at radius 2 is 1.44 bits per heavy atom. The molecule has 164 valence electrons. The average molecular weight is 433 g/mol. The van der Waals surface area contributed by atoms with Crippen LogP contribution in [0.4, 0.5) is 5.69 Å². The molecule has 2 amide bonds. The first-order valence-corrected chi connectivity index (χ1v) is 10.5. The highest BCUT2D eigenvalue weighted by Crippen LogP contribution is 2.46. The van der Waals surface area contributed by atoms with Crippen LogP contribution in [0.2, 0.25) is 0 Å². The molecule has 0 atom stereocenters. The largest absolute Gasteiger partial charge is 0.492 e. The highest BCUT2D eigenvalue weighted by Gasteiger charge is 2.43. The number of carboxylic acids is 1. The number of benzene rings is 3. The van der Waals surface area contributed by atoms with Crippen molar-refractivity contribution in [3.05, 3.63) is 65.2 Å². The van der Waals surface area contributed by atoms with Crippen LogP contribution in [0.25, 0.3) is 10.8 Å². The molecule has 0 aliphatic carbocycles. The maximum atomic E-state index is 13.5. The SMILES string of the molecule is CCCOc1c2c(c(OCC)c3ccccc13)C(=O)N(c1ccc(CC(=O)O)cc1)C2=O. The van der Waals surface area contributed by atoms with Crippen molar-refractivity contribution in [2.75, 3.05) is 18.1 Å². The first-order valence-electron chi connectivity index (χ1n) is 10.5. The first-order chi connectivity index (χ1) is 15.5. The van der Waals surface area contributed by atoms with E-state index < -0.39 is 17.8 Å². The van der Waals surface area contributed by atoms with Gasteiger partial charge in [0.05, 0.1) is 36.4 Å². The number of aliphatic carboxylic acids is 1. The van der Waals surface area contributed by atoms with Gasteiger partial charge in [0, 0.05) is 10.8 Å². The molecule has 0 saturated carbocycles. The number of nitrogens with zero attached hydrogens (tertiary/aromatic N) is 1. The predicted molar refractivity (Wildman–Crippen MR) is 120 cm³/mol. The van der Waals surface area contributed by atoms with Crippen molar-refractivity contribution in [3.63, 3.8) is 0 Å². The molecule has 0 saturated heterocycles. The van der Waals surface area contributed by atoms with E-state index in [9.17, 15) is 14.4 Å². The maximum Gasteiger partial charge on any atom is 0.307 e. The van der Waals surface area contributed by atoms with Gasteiger partial charge in [-0.1, -0.05) is 43.3 Å². The van der Waals surface area contributed by atoms with Gasteiger partial charge < -0.3 is 14.6 Å². The van der Waals surface area contributed by atoms with E-state index in [4.69, 9.17) is 14.6 Å². The number of carbonyl (C=O) groups excluding carboxylic acids is 2. The van der Waals surface area contributed by atoms with Crippen LogP contribution in [0.5, 0.6) is 11.5 Å². The topological polar surface area (TPSA) is 93.1 Å². The smallest absolute Gasteiger partial charge is 0.307 e. The quantitative estimate of drug-likeness (QED) is 0.528. The summed E-state index contributed by atoms with van der Waals surface area (Å²) < 4.78 is 11.9. The lowest BCUT2D eigenvalue weighted by molar-refractivity contribution is -0.136. The van der Waals surface area contributed by atoms with Gasteiger partial charge in [-0.15, -0.1) is 0 Å². The van der Waals surface area contributed by atoms with Crippen LogP contribution in [0.15, 0.2) is 48.5 Å². The molecule has 0 fully saturated rings. The zero-order chi connectivity index (χ0) is 22.8. The van der Waals surface area contributed by atoms with Crippen molar-refractivity contribution in [3.8, 4) is 11.5 Å². The molecule has 0 spiro atoms. The van der Waals surface area contributed by atoms with E-state index in [2.05, 4.69) is 0 Å². The Bertz CT molecular complexity index is 1220. The van der Waals surface area contributed by atoms with E-state index in [1.807, 2.05) is 38.1 Å². The van der Waals surface area contributed by atoms with Gasteiger partial charge in [-0.25, -0.2) is 4.90 Å². The van der Waals surface area contributed by atoms with E-state index >= 15 is 0 Å². The number of amides is 2. The first kappa shape index (κ1) is 21.4. The summed E-state index contributed by atoms with van der Waals surface area (Å²) in [4.78, 5) is 39.1. The highest BCUT2D eigenvalue weighted by molar-refractivity contribution is 6.38. The number of imide groups is 1. The number of fused-ring (bicyclic) bond motifs is 2. The third kappa shape index (κ3) is 3.56. The maximum absolute atomic E-state index is 13.5. The van der Waals surface area contributed by atoms with E-state index in [-0.39, 0.29) is 17.5 Å². The Morgan fingerprint density at radius 1 is 0.875 bits per heavy atom. The van der Waals surface area contributed by atoms with Gasteiger partial charge in [-0.3, -0.25) is 14.4 Å². The van der Waals surface area contributed by atoms with Crippen LogP contribution in [0.3, 0.4) is 0 Å². The molecule has 0 radical (unpaired) electrons.